The Hall–Kier alpha value is -4.20. The number of rotatable bonds is 3. The Morgan fingerprint density at radius 3 is 2.31 bits per heavy atom. The third-order valence-electron chi connectivity index (χ3n) is 7.51. The largest absolute Gasteiger partial charge is 0.383 e. The number of benzene rings is 1. The van der Waals surface area contributed by atoms with Crippen LogP contribution in [0.15, 0.2) is 68.0 Å². The topological polar surface area (TPSA) is 122 Å². The molecule has 2 bridgehead atoms. The van der Waals surface area contributed by atoms with E-state index in [1.54, 1.807) is 4.52 Å². The second-order valence-electron chi connectivity index (χ2n) is 9.44. The molecule has 0 spiro atoms. The number of piperidine rings is 1. The van der Waals surface area contributed by atoms with Crippen molar-refractivity contribution in [3.8, 4) is 22.4 Å². The highest BCUT2D eigenvalue weighted by molar-refractivity contribution is 5.79. The molecule has 2 aliphatic rings. The van der Waals surface area contributed by atoms with Crippen molar-refractivity contribution >= 4 is 17.4 Å². The first-order valence-electron chi connectivity index (χ1n) is 12.3. The summed E-state index contributed by atoms with van der Waals surface area (Å²) >= 11 is 0. The molecule has 1 aromatic carbocycles. The summed E-state index contributed by atoms with van der Waals surface area (Å²) < 4.78 is 1.73. The van der Waals surface area contributed by atoms with Gasteiger partial charge in [0.05, 0.1) is 17.6 Å². The number of guanidine groups is 1. The second-order valence-corrected chi connectivity index (χ2v) is 9.44. The lowest BCUT2D eigenvalue weighted by atomic mass is 9.86. The van der Waals surface area contributed by atoms with E-state index in [2.05, 4.69) is 46.3 Å². The van der Waals surface area contributed by atoms with Gasteiger partial charge in [-0.3, -0.25) is 10.4 Å². The first-order chi connectivity index (χ1) is 17.5. The second kappa shape index (κ2) is 9.45. The van der Waals surface area contributed by atoms with Crippen LogP contribution in [0, 0.1) is 12.3 Å². The molecular formula is C28H32N8. The number of nitrogen functional groups attached to an aromatic ring is 1. The van der Waals surface area contributed by atoms with Crippen LogP contribution in [0.25, 0.3) is 28.0 Å². The molecule has 0 saturated carbocycles. The third kappa shape index (κ3) is 3.88. The number of fused-ring (bicyclic) bond motifs is 3. The number of nitrogens with two attached hydrogens (primary N) is 2. The van der Waals surface area contributed by atoms with Gasteiger partial charge >= 0.3 is 0 Å². The van der Waals surface area contributed by atoms with E-state index in [-0.39, 0.29) is 5.96 Å². The van der Waals surface area contributed by atoms with Crippen molar-refractivity contribution in [2.45, 2.75) is 50.6 Å². The smallest absolute Gasteiger partial charge is 0.188 e. The Morgan fingerprint density at radius 2 is 1.69 bits per heavy atom. The molecule has 0 radical (unpaired) electrons. The molecule has 2 unspecified atom stereocenters. The normalized spacial score (nSPS) is 20.7. The Labute approximate surface area is 211 Å². The van der Waals surface area contributed by atoms with Gasteiger partial charge in [-0.15, -0.1) is 13.2 Å². The van der Waals surface area contributed by atoms with Gasteiger partial charge in [-0.25, -0.2) is 4.98 Å². The zero-order valence-electron chi connectivity index (χ0n) is 20.6. The van der Waals surface area contributed by atoms with E-state index >= 15 is 0 Å². The third-order valence-corrected chi connectivity index (χ3v) is 7.51. The maximum absolute atomic E-state index is 7.97. The van der Waals surface area contributed by atoms with E-state index in [0.29, 0.717) is 23.8 Å². The highest BCUT2D eigenvalue weighted by Crippen LogP contribution is 2.44. The van der Waals surface area contributed by atoms with Crippen molar-refractivity contribution in [1.82, 2.24) is 24.5 Å². The van der Waals surface area contributed by atoms with Crippen molar-refractivity contribution in [2.75, 3.05) is 5.73 Å². The molecule has 4 aromatic rings. The van der Waals surface area contributed by atoms with Crippen LogP contribution in [0.1, 0.15) is 42.9 Å². The number of hydrogen-bond acceptors (Lipinski definition) is 5. The molecule has 0 aliphatic carbocycles. The number of anilines is 1. The van der Waals surface area contributed by atoms with Crippen molar-refractivity contribution in [3.05, 3.63) is 79.3 Å². The van der Waals surface area contributed by atoms with Crippen LogP contribution in [0.4, 0.5) is 5.82 Å². The van der Waals surface area contributed by atoms with Gasteiger partial charge < -0.3 is 16.4 Å². The fourth-order valence-electron chi connectivity index (χ4n) is 5.84. The molecule has 3 aromatic heterocycles. The van der Waals surface area contributed by atoms with Crippen molar-refractivity contribution in [3.63, 3.8) is 0 Å². The quantitative estimate of drug-likeness (QED) is 0.221. The van der Waals surface area contributed by atoms with E-state index in [1.165, 1.54) is 0 Å². The lowest BCUT2D eigenvalue weighted by Crippen LogP contribution is -2.49. The average Bonchev–Trinajstić information content (AvgIpc) is 3.46. The Bertz CT molecular complexity index is 1380. The molecule has 6 rings (SSSR count). The zero-order chi connectivity index (χ0) is 25.4. The van der Waals surface area contributed by atoms with Gasteiger partial charge in [0, 0.05) is 46.5 Å². The molecule has 5 N–H and O–H groups in total. The predicted molar refractivity (Wildman–Crippen MR) is 145 cm³/mol. The van der Waals surface area contributed by atoms with Crippen LogP contribution in [-0.2, 0) is 0 Å². The van der Waals surface area contributed by atoms with Gasteiger partial charge in [-0.05, 0) is 38.7 Å². The number of nitrogens with one attached hydrogen (secondary N) is 1. The van der Waals surface area contributed by atoms with Gasteiger partial charge in [-0.1, -0.05) is 36.4 Å². The molecule has 36 heavy (non-hydrogen) atoms. The van der Waals surface area contributed by atoms with Gasteiger partial charge in [0.25, 0.3) is 0 Å². The highest BCUT2D eigenvalue weighted by atomic mass is 15.3. The van der Waals surface area contributed by atoms with Crippen molar-refractivity contribution in [2.24, 2.45) is 5.73 Å². The van der Waals surface area contributed by atoms with Crippen LogP contribution in [0.2, 0.25) is 0 Å². The lowest BCUT2D eigenvalue weighted by molar-refractivity contribution is 0.209. The maximum atomic E-state index is 7.97. The van der Waals surface area contributed by atoms with Crippen LogP contribution < -0.4 is 11.5 Å². The van der Waals surface area contributed by atoms with E-state index in [9.17, 15) is 0 Å². The van der Waals surface area contributed by atoms with Crippen molar-refractivity contribution < 1.29 is 0 Å². The first-order valence-corrected chi connectivity index (χ1v) is 12.3. The van der Waals surface area contributed by atoms with E-state index < -0.39 is 0 Å². The SMILES string of the molecule is C=C.Cc1c(C2CC3CC[C@@H](C2)N3C(=N)N)nc2c(-c3ccc(-c4ccccc4)nc3)cnn2c1N. The lowest BCUT2D eigenvalue weighted by Gasteiger charge is -2.39. The van der Waals surface area contributed by atoms with Crippen LogP contribution in [-0.4, -0.2) is 42.5 Å². The fraction of sp³-hybridized carbons (Fsp3) is 0.286. The highest BCUT2D eigenvalue weighted by Gasteiger charge is 2.42. The molecule has 0 amide bonds. The summed E-state index contributed by atoms with van der Waals surface area (Å²) in [5.74, 6) is 1.11. The molecule has 2 aliphatic heterocycles. The number of pyridine rings is 1. The Morgan fingerprint density at radius 1 is 1.00 bits per heavy atom. The van der Waals surface area contributed by atoms with Gasteiger partial charge in [0.15, 0.2) is 11.6 Å². The van der Waals surface area contributed by atoms with Crippen molar-refractivity contribution in [1.29, 1.82) is 5.41 Å². The van der Waals surface area contributed by atoms with Gasteiger partial charge in [0.2, 0.25) is 0 Å². The Kier molecular flexibility index (Phi) is 6.18. The van der Waals surface area contributed by atoms with Gasteiger partial charge in [0.1, 0.15) is 5.82 Å². The molecule has 3 atom stereocenters. The molecule has 2 fully saturated rings. The van der Waals surface area contributed by atoms with Gasteiger partial charge in [-0.2, -0.15) is 9.61 Å². The minimum atomic E-state index is 0.190. The Balaban J connectivity index is 0.00000130. The minimum Gasteiger partial charge on any atom is -0.383 e. The number of aromatic nitrogens is 4. The fourth-order valence-corrected chi connectivity index (χ4v) is 5.84. The number of hydrogen-bond donors (Lipinski definition) is 3. The number of nitrogens with zero attached hydrogens (tertiary/aromatic N) is 5. The summed E-state index contributed by atoms with van der Waals surface area (Å²) in [5, 5.41) is 12.5. The summed E-state index contributed by atoms with van der Waals surface area (Å²) in [4.78, 5) is 11.9. The molecule has 5 heterocycles. The first kappa shape index (κ1) is 23.5. The molecule has 184 valence electrons. The minimum absolute atomic E-state index is 0.190. The average molecular weight is 481 g/mol. The van der Waals surface area contributed by atoms with Crippen LogP contribution >= 0.6 is 0 Å². The zero-order valence-corrected chi connectivity index (χ0v) is 20.6. The summed E-state index contributed by atoms with van der Waals surface area (Å²) in [6.07, 6.45) is 7.74. The molecule has 8 heteroatoms. The summed E-state index contributed by atoms with van der Waals surface area (Å²) in [7, 11) is 0. The van der Waals surface area contributed by atoms with Crippen LogP contribution in [0.5, 0.6) is 0 Å². The summed E-state index contributed by atoms with van der Waals surface area (Å²) in [6, 6.07) is 14.8. The van der Waals surface area contributed by atoms with E-state index in [4.69, 9.17) is 21.9 Å². The molecular weight excluding hydrogens is 448 g/mol. The monoisotopic (exact) mass is 480 g/mol. The predicted octanol–water partition coefficient (Wildman–Crippen LogP) is 4.75. The summed E-state index contributed by atoms with van der Waals surface area (Å²) in [6.45, 7) is 8.04. The van der Waals surface area contributed by atoms with E-state index in [1.807, 2.05) is 43.6 Å². The molecule has 8 nitrogen and oxygen atoms in total. The van der Waals surface area contributed by atoms with Crippen LogP contribution in [0.3, 0.4) is 0 Å². The van der Waals surface area contributed by atoms with E-state index in [0.717, 1.165) is 65.0 Å². The maximum Gasteiger partial charge on any atom is 0.188 e. The molecule has 2 saturated heterocycles. The standard InChI is InChI=1S/C26H28N8.C2H4/c1-15-23(18-11-19-8-9-20(12-18)33(19)26(28)29)32-25-21(14-31-34(25)24(15)27)17-7-10-22(30-13-17)16-5-3-2-4-6-16;1-2/h2-7,10,13-14,18-20H,8-9,11-12,27H2,1H3,(H3,28,29);1-2H2/t18?,19-,20?;/m0./s1. The summed E-state index contributed by atoms with van der Waals surface area (Å²) in [5.41, 5.74) is 19.1.